The van der Waals surface area contributed by atoms with Gasteiger partial charge in [0.25, 0.3) is 0 Å². The van der Waals surface area contributed by atoms with Gasteiger partial charge in [0.2, 0.25) is 0 Å². The zero-order valence-electron chi connectivity index (χ0n) is 10.4. The van der Waals surface area contributed by atoms with Crippen LogP contribution in [0.2, 0.25) is 0 Å². The van der Waals surface area contributed by atoms with Crippen molar-refractivity contribution in [3.63, 3.8) is 0 Å². The second kappa shape index (κ2) is 4.85. The summed E-state index contributed by atoms with van der Waals surface area (Å²) in [6.45, 7) is 2.68. The molecule has 0 amide bonds. The first-order valence-corrected chi connectivity index (χ1v) is 6.77. The average Bonchev–Trinajstić information content (AvgIpc) is 2.82. The number of thiazole rings is 1. The minimum atomic E-state index is 0.244. The highest BCUT2D eigenvalue weighted by Crippen LogP contribution is 2.25. The fourth-order valence-electron chi connectivity index (χ4n) is 1.94. The van der Waals surface area contributed by atoms with E-state index < -0.39 is 0 Å². The van der Waals surface area contributed by atoms with Gasteiger partial charge in [-0.25, -0.2) is 9.97 Å². The Morgan fingerprint density at radius 3 is 2.95 bits per heavy atom. The van der Waals surface area contributed by atoms with Gasteiger partial charge in [-0.3, -0.25) is 0 Å². The van der Waals surface area contributed by atoms with Crippen LogP contribution in [0.4, 0.5) is 5.82 Å². The molecule has 19 heavy (non-hydrogen) atoms. The highest BCUT2D eigenvalue weighted by Gasteiger charge is 2.04. The van der Waals surface area contributed by atoms with Crippen LogP contribution in [0, 0.1) is 6.92 Å². The smallest absolute Gasteiger partial charge is 0.134 e. The molecule has 0 saturated carbocycles. The molecule has 0 fully saturated rings. The number of rotatable bonds is 3. The van der Waals surface area contributed by atoms with Crippen molar-refractivity contribution >= 4 is 27.9 Å². The van der Waals surface area contributed by atoms with Crippen molar-refractivity contribution in [3.8, 4) is 5.75 Å². The number of pyridine rings is 1. The van der Waals surface area contributed by atoms with Crippen molar-refractivity contribution in [3.05, 3.63) is 46.5 Å². The Morgan fingerprint density at radius 2 is 2.16 bits per heavy atom. The molecule has 0 bridgehead atoms. The molecule has 0 saturated heterocycles. The summed E-state index contributed by atoms with van der Waals surface area (Å²) in [5, 5.41) is 15.8. The third-order valence-electron chi connectivity index (χ3n) is 2.83. The van der Waals surface area contributed by atoms with E-state index >= 15 is 0 Å². The van der Waals surface area contributed by atoms with Crippen molar-refractivity contribution < 1.29 is 5.11 Å². The van der Waals surface area contributed by atoms with Crippen molar-refractivity contribution in [2.75, 3.05) is 5.32 Å². The minimum absolute atomic E-state index is 0.244. The number of nitrogens with one attached hydrogen (secondary N) is 1. The molecule has 96 valence electrons. The SMILES string of the molecule is Cc1cnc(CNc2nccc3ccc(O)cc23)s1. The lowest BCUT2D eigenvalue weighted by atomic mass is 10.1. The van der Waals surface area contributed by atoms with E-state index in [4.69, 9.17) is 0 Å². The molecular formula is C14H13N3OS. The predicted molar refractivity (Wildman–Crippen MR) is 77.6 cm³/mol. The molecule has 2 aromatic heterocycles. The maximum absolute atomic E-state index is 9.58. The number of aromatic hydroxyl groups is 1. The molecule has 3 aromatic rings. The molecule has 0 unspecified atom stereocenters. The molecular weight excluding hydrogens is 258 g/mol. The van der Waals surface area contributed by atoms with E-state index in [0.29, 0.717) is 6.54 Å². The molecule has 0 spiro atoms. The Kier molecular flexibility index (Phi) is 3.05. The van der Waals surface area contributed by atoms with Gasteiger partial charge in [0.05, 0.1) is 6.54 Å². The Hall–Kier alpha value is -2.14. The highest BCUT2D eigenvalue weighted by molar-refractivity contribution is 7.11. The summed E-state index contributed by atoms with van der Waals surface area (Å²) in [7, 11) is 0. The number of benzene rings is 1. The van der Waals surface area contributed by atoms with E-state index in [2.05, 4.69) is 15.3 Å². The van der Waals surface area contributed by atoms with Crippen LogP contribution in [-0.4, -0.2) is 15.1 Å². The van der Waals surface area contributed by atoms with Gasteiger partial charge in [-0.05, 0) is 30.5 Å². The van der Waals surface area contributed by atoms with Gasteiger partial charge < -0.3 is 10.4 Å². The second-order valence-corrected chi connectivity index (χ2v) is 5.60. The summed E-state index contributed by atoms with van der Waals surface area (Å²) in [6, 6.07) is 7.20. The molecule has 5 heteroatoms. The molecule has 1 aromatic carbocycles. The van der Waals surface area contributed by atoms with Crippen LogP contribution in [0.5, 0.6) is 5.75 Å². The van der Waals surface area contributed by atoms with Crippen LogP contribution >= 0.6 is 11.3 Å². The van der Waals surface area contributed by atoms with Crippen LogP contribution < -0.4 is 5.32 Å². The number of phenols is 1. The van der Waals surface area contributed by atoms with Crippen molar-refractivity contribution in [1.82, 2.24) is 9.97 Å². The maximum atomic E-state index is 9.58. The lowest BCUT2D eigenvalue weighted by Gasteiger charge is -2.07. The zero-order chi connectivity index (χ0) is 13.2. The number of phenolic OH excluding ortho intramolecular Hbond substituents is 1. The van der Waals surface area contributed by atoms with Crippen LogP contribution in [0.25, 0.3) is 10.8 Å². The Labute approximate surface area is 114 Å². The van der Waals surface area contributed by atoms with Gasteiger partial charge in [-0.1, -0.05) is 6.07 Å². The first-order valence-electron chi connectivity index (χ1n) is 5.95. The van der Waals surface area contributed by atoms with Gasteiger partial charge in [0.15, 0.2) is 0 Å². The van der Waals surface area contributed by atoms with Gasteiger partial charge in [0, 0.05) is 22.7 Å². The number of anilines is 1. The van der Waals surface area contributed by atoms with Crippen LogP contribution in [0.1, 0.15) is 9.88 Å². The summed E-state index contributed by atoms with van der Waals surface area (Å²) in [6.07, 6.45) is 3.62. The number of hydrogen-bond acceptors (Lipinski definition) is 5. The van der Waals surface area contributed by atoms with Crippen molar-refractivity contribution in [2.24, 2.45) is 0 Å². The number of aryl methyl sites for hydroxylation is 1. The first-order chi connectivity index (χ1) is 9.22. The largest absolute Gasteiger partial charge is 0.508 e. The molecule has 3 rings (SSSR count). The first kappa shape index (κ1) is 11.9. The summed E-state index contributed by atoms with van der Waals surface area (Å²) >= 11 is 1.66. The monoisotopic (exact) mass is 271 g/mol. The predicted octanol–water partition coefficient (Wildman–Crippen LogP) is 3.32. The van der Waals surface area contributed by atoms with E-state index in [1.807, 2.05) is 25.3 Å². The normalized spacial score (nSPS) is 10.8. The van der Waals surface area contributed by atoms with Crippen LogP contribution in [0.15, 0.2) is 36.7 Å². The lowest BCUT2D eigenvalue weighted by Crippen LogP contribution is -2.01. The molecule has 0 radical (unpaired) electrons. The molecule has 2 N–H and O–H groups in total. The standard InChI is InChI=1S/C14H13N3OS/c1-9-7-16-13(19-9)8-17-14-12-6-11(18)3-2-10(12)4-5-15-14/h2-7,18H,8H2,1H3,(H,15,17). The van der Waals surface area contributed by atoms with E-state index in [-0.39, 0.29) is 5.75 Å². The minimum Gasteiger partial charge on any atom is -0.508 e. The number of hydrogen-bond donors (Lipinski definition) is 2. The Bertz CT molecular complexity index is 724. The molecule has 2 heterocycles. The third kappa shape index (κ3) is 2.51. The van der Waals surface area contributed by atoms with Gasteiger partial charge >= 0.3 is 0 Å². The second-order valence-electron chi connectivity index (χ2n) is 4.28. The van der Waals surface area contributed by atoms with Crippen LogP contribution in [-0.2, 0) is 6.54 Å². The highest BCUT2D eigenvalue weighted by atomic mass is 32.1. The Balaban J connectivity index is 1.90. The number of nitrogens with zero attached hydrogens (tertiary/aromatic N) is 2. The van der Waals surface area contributed by atoms with E-state index in [1.54, 1.807) is 29.7 Å². The van der Waals surface area contributed by atoms with Gasteiger partial charge in [-0.15, -0.1) is 11.3 Å². The van der Waals surface area contributed by atoms with Crippen LogP contribution in [0.3, 0.4) is 0 Å². The van der Waals surface area contributed by atoms with Crippen molar-refractivity contribution in [2.45, 2.75) is 13.5 Å². The van der Waals surface area contributed by atoms with Crippen molar-refractivity contribution in [1.29, 1.82) is 0 Å². The molecule has 4 nitrogen and oxygen atoms in total. The van der Waals surface area contributed by atoms with E-state index in [0.717, 1.165) is 21.6 Å². The lowest BCUT2D eigenvalue weighted by molar-refractivity contribution is 0.476. The molecule has 0 aliphatic rings. The Morgan fingerprint density at radius 1 is 1.26 bits per heavy atom. The molecule has 0 atom stereocenters. The van der Waals surface area contributed by atoms with Gasteiger partial charge in [-0.2, -0.15) is 0 Å². The zero-order valence-corrected chi connectivity index (χ0v) is 11.2. The summed E-state index contributed by atoms with van der Waals surface area (Å²) in [5.74, 6) is 1.01. The summed E-state index contributed by atoms with van der Waals surface area (Å²) in [4.78, 5) is 9.83. The summed E-state index contributed by atoms with van der Waals surface area (Å²) < 4.78 is 0. The third-order valence-corrected chi connectivity index (χ3v) is 3.74. The maximum Gasteiger partial charge on any atom is 0.134 e. The number of fused-ring (bicyclic) bond motifs is 1. The number of aromatic nitrogens is 2. The summed E-state index contributed by atoms with van der Waals surface area (Å²) in [5.41, 5.74) is 0. The topological polar surface area (TPSA) is 58.0 Å². The van der Waals surface area contributed by atoms with Gasteiger partial charge in [0.1, 0.15) is 16.6 Å². The van der Waals surface area contributed by atoms with E-state index in [1.165, 1.54) is 4.88 Å². The molecule has 0 aliphatic heterocycles. The fourth-order valence-corrected chi connectivity index (χ4v) is 2.67. The average molecular weight is 271 g/mol. The fraction of sp³-hybridized carbons (Fsp3) is 0.143. The quantitative estimate of drug-likeness (QED) is 0.767. The molecule has 0 aliphatic carbocycles. The van der Waals surface area contributed by atoms with E-state index in [9.17, 15) is 5.11 Å².